The van der Waals surface area contributed by atoms with E-state index in [4.69, 9.17) is 16.3 Å². The second-order valence-electron chi connectivity index (χ2n) is 8.50. The molecule has 35 heavy (non-hydrogen) atoms. The Morgan fingerprint density at radius 3 is 2.94 bits per heavy atom. The first-order valence-electron chi connectivity index (χ1n) is 11.3. The Morgan fingerprint density at radius 2 is 2.17 bits per heavy atom. The normalized spacial score (nSPS) is 15.8. The van der Waals surface area contributed by atoms with Crippen LogP contribution in [-0.4, -0.2) is 46.1 Å². The third kappa shape index (κ3) is 4.96. The Kier molecular flexibility index (Phi) is 6.61. The number of carbonyl (C=O) groups excluding carboxylic acids is 1. The predicted octanol–water partition coefficient (Wildman–Crippen LogP) is 4.28. The highest BCUT2D eigenvalue weighted by Gasteiger charge is 2.22. The van der Waals surface area contributed by atoms with Crippen LogP contribution in [-0.2, 0) is 11.3 Å². The fourth-order valence-corrected chi connectivity index (χ4v) is 4.52. The molecule has 5 rings (SSSR count). The quantitative estimate of drug-likeness (QED) is 0.415. The maximum Gasteiger partial charge on any atom is 0.229 e. The van der Waals surface area contributed by atoms with E-state index in [0.717, 1.165) is 30.5 Å². The summed E-state index contributed by atoms with van der Waals surface area (Å²) in [6, 6.07) is 11.8. The summed E-state index contributed by atoms with van der Waals surface area (Å²) in [5, 5.41) is 15.1. The molecule has 4 aromatic rings. The summed E-state index contributed by atoms with van der Waals surface area (Å²) in [7, 11) is 1.57. The average Bonchev–Trinajstić information content (AvgIpc) is 3.26. The molecule has 1 unspecified atom stereocenters. The second kappa shape index (κ2) is 9.97. The summed E-state index contributed by atoms with van der Waals surface area (Å²) >= 11 is 6.54. The Balaban J connectivity index is 1.50. The van der Waals surface area contributed by atoms with Crippen LogP contribution in [0.4, 0.5) is 10.2 Å². The van der Waals surface area contributed by atoms with Gasteiger partial charge in [0.1, 0.15) is 22.9 Å². The first-order chi connectivity index (χ1) is 17.0. The van der Waals surface area contributed by atoms with Crippen LogP contribution in [0.1, 0.15) is 18.4 Å². The largest absolute Gasteiger partial charge is 0.496 e. The van der Waals surface area contributed by atoms with E-state index in [1.165, 1.54) is 18.3 Å². The van der Waals surface area contributed by atoms with Crippen molar-refractivity contribution in [2.24, 2.45) is 5.92 Å². The molecule has 0 spiro atoms. The van der Waals surface area contributed by atoms with Gasteiger partial charge in [-0.05, 0) is 49.2 Å². The van der Waals surface area contributed by atoms with Crippen LogP contribution in [0.5, 0.6) is 5.75 Å². The van der Waals surface area contributed by atoms with Crippen molar-refractivity contribution in [2.75, 3.05) is 25.5 Å². The number of benzene rings is 2. The topological polar surface area (TPSA) is 94.0 Å². The molecule has 3 heterocycles. The first kappa shape index (κ1) is 23.2. The minimum absolute atomic E-state index is 0.0715. The molecule has 2 aromatic heterocycles. The van der Waals surface area contributed by atoms with Crippen molar-refractivity contribution < 1.29 is 13.9 Å². The number of rotatable bonds is 6. The molecular weight excluding hydrogens is 471 g/mol. The zero-order valence-electron chi connectivity index (χ0n) is 19.1. The van der Waals surface area contributed by atoms with Gasteiger partial charge in [-0.3, -0.25) is 4.79 Å². The van der Waals surface area contributed by atoms with Crippen molar-refractivity contribution >= 4 is 34.4 Å². The van der Waals surface area contributed by atoms with E-state index in [9.17, 15) is 9.18 Å². The molecule has 10 heteroatoms. The summed E-state index contributed by atoms with van der Waals surface area (Å²) in [5.74, 6) is 0.485. The maximum atomic E-state index is 13.7. The SMILES string of the molecule is COc1cc2nnn(Cc3cccc(F)c3)c2cc1-c1cc(NC(=O)C2CCCNC2)ncc1Cl. The third-order valence-electron chi connectivity index (χ3n) is 6.12. The van der Waals surface area contributed by atoms with E-state index >= 15 is 0 Å². The van der Waals surface area contributed by atoms with Crippen LogP contribution in [0.15, 0.2) is 48.7 Å². The molecule has 180 valence electrons. The van der Waals surface area contributed by atoms with Gasteiger partial charge >= 0.3 is 0 Å². The lowest BCUT2D eigenvalue weighted by Crippen LogP contribution is -2.37. The lowest BCUT2D eigenvalue weighted by Gasteiger charge is -2.21. The van der Waals surface area contributed by atoms with Gasteiger partial charge in [0.2, 0.25) is 5.91 Å². The number of halogens is 2. The molecule has 1 fully saturated rings. The number of piperidine rings is 1. The molecule has 2 N–H and O–H groups in total. The predicted molar refractivity (Wildman–Crippen MR) is 132 cm³/mol. The number of nitrogens with zero attached hydrogens (tertiary/aromatic N) is 4. The van der Waals surface area contributed by atoms with E-state index in [0.29, 0.717) is 46.3 Å². The number of methoxy groups -OCH3 is 1. The summed E-state index contributed by atoms with van der Waals surface area (Å²) in [5.41, 5.74) is 3.47. The second-order valence-corrected chi connectivity index (χ2v) is 8.91. The highest BCUT2D eigenvalue weighted by Crippen LogP contribution is 2.38. The highest BCUT2D eigenvalue weighted by atomic mass is 35.5. The monoisotopic (exact) mass is 494 g/mol. The zero-order valence-corrected chi connectivity index (χ0v) is 19.8. The maximum absolute atomic E-state index is 13.7. The number of ether oxygens (including phenoxy) is 1. The van der Waals surface area contributed by atoms with Crippen molar-refractivity contribution in [1.29, 1.82) is 0 Å². The van der Waals surface area contributed by atoms with Crippen LogP contribution in [0, 0.1) is 11.7 Å². The summed E-state index contributed by atoms with van der Waals surface area (Å²) in [4.78, 5) is 17.0. The Labute approximate surface area is 206 Å². The Hall–Kier alpha value is -3.56. The minimum atomic E-state index is -0.309. The van der Waals surface area contributed by atoms with Gasteiger partial charge in [-0.15, -0.1) is 5.10 Å². The Bertz CT molecular complexity index is 1390. The van der Waals surface area contributed by atoms with E-state index in [1.807, 2.05) is 12.1 Å². The van der Waals surface area contributed by atoms with Gasteiger partial charge in [-0.1, -0.05) is 28.9 Å². The van der Waals surface area contributed by atoms with Gasteiger partial charge in [0.15, 0.2) is 0 Å². The minimum Gasteiger partial charge on any atom is -0.496 e. The summed E-state index contributed by atoms with van der Waals surface area (Å²) < 4.78 is 21.0. The van der Waals surface area contributed by atoms with Gasteiger partial charge in [0.05, 0.1) is 30.1 Å². The van der Waals surface area contributed by atoms with E-state index in [1.54, 1.807) is 30.0 Å². The molecule has 1 amide bonds. The van der Waals surface area contributed by atoms with Gasteiger partial charge < -0.3 is 15.4 Å². The standard InChI is InChI=1S/C25H24ClFN6O2/c1-35-23-11-21-22(33(32-31-21)14-15-4-2-6-17(27)8-15)9-19(23)18-10-24(29-13-20(18)26)30-25(34)16-5-3-7-28-12-16/h2,4,6,8-11,13,16,28H,3,5,7,12,14H2,1H3,(H,29,30,34). The van der Waals surface area contributed by atoms with E-state index in [2.05, 4.69) is 25.9 Å². The molecule has 0 radical (unpaired) electrons. The molecule has 8 nitrogen and oxygen atoms in total. The average molecular weight is 495 g/mol. The van der Waals surface area contributed by atoms with Gasteiger partial charge in [0, 0.05) is 29.9 Å². The van der Waals surface area contributed by atoms with Gasteiger partial charge in [0.25, 0.3) is 0 Å². The van der Waals surface area contributed by atoms with Crippen molar-refractivity contribution in [3.63, 3.8) is 0 Å². The number of amides is 1. The lowest BCUT2D eigenvalue weighted by atomic mass is 9.99. The zero-order chi connectivity index (χ0) is 24.4. The fourth-order valence-electron chi connectivity index (χ4n) is 4.32. The number of hydrogen-bond acceptors (Lipinski definition) is 6. The number of hydrogen-bond donors (Lipinski definition) is 2. The molecule has 0 saturated carbocycles. The molecule has 0 aliphatic carbocycles. The van der Waals surface area contributed by atoms with Crippen LogP contribution in [0.25, 0.3) is 22.2 Å². The molecule has 0 bridgehead atoms. The summed E-state index contributed by atoms with van der Waals surface area (Å²) in [6.07, 6.45) is 3.32. The molecular formula is C25H24ClFN6O2. The van der Waals surface area contributed by atoms with Crippen LogP contribution in [0.2, 0.25) is 5.02 Å². The van der Waals surface area contributed by atoms with Crippen molar-refractivity contribution in [1.82, 2.24) is 25.3 Å². The molecule has 2 aromatic carbocycles. The lowest BCUT2D eigenvalue weighted by molar-refractivity contribution is -0.120. The number of anilines is 1. The number of fused-ring (bicyclic) bond motifs is 1. The smallest absolute Gasteiger partial charge is 0.229 e. The number of nitrogens with one attached hydrogen (secondary N) is 2. The number of carbonyl (C=O) groups is 1. The molecule has 1 saturated heterocycles. The number of pyridine rings is 1. The fraction of sp³-hybridized carbons (Fsp3) is 0.280. The number of aromatic nitrogens is 4. The third-order valence-corrected chi connectivity index (χ3v) is 6.42. The van der Waals surface area contributed by atoms with Crippen molar-refractivity contribution in [2.45, 2.75) is 19.4 Å². The van der Waals surface area contributed by atoms with E-state index in [-0.39, 0.29) is 17.6 Å². The van der Waals surface area contributed by atoms with Crippen molar-refractivity contribution in [3.05, 3.63) is 65.1 Å². The van der Waals surface area contributed by atoms with Crippen LogP contribution >= 0.6 is 11.6 Å². The highest BCUT2D eigenvalue weighted by molar-refractivity contribution is 6.33. The van der Waals surface area contributed by atoms with Crippen LogP contribution in [0.3, 0.4) is 0 Å². The summed E-state index contributed by atoms with van der Waals surface area (Å²) in [6.45, 7) is 1.93. The molecule has 1 atom stereocenters. The molecule has 1 aliphatic heterocycles. The Morgan fingerprint density at radius 1 is 1.29 bits per heavy atom. The first-order valence-corrected chi connectivity index (χ1v) is 11.7. The van der Waals surface area contributed by atoms with Gasteiger partial charge in [-0.25, -0.2) is 14.1 Å². The van der Waals surface area contributed by atoms with Crippen molar-refractivity contribution in [3.8, 4) is 16.9 Å². The van der Waals surface area contributed by atoms with Gasteiger partial charge in [-0.2, -0.15) is 0 Å². The molecule has 1 aliphatic rings. The van der Waals surface area contributed by atoms with E-state index < -0.39 is 0 Å². The van der Waals surface area contributed by atoms with Crippen LogP contribution < -0.4 is 15.4 Å².